The Balaban J connectivity index is 4.30. The molecule has 0 saturated heterocycles. The Labute approximate surface area is 303 Å². The van der Waals surface area contributed by atoms with E-state index in [0.717, 1.165) is 32.1 Å². The molecule has 2 atom stereocenters. The molecule has 0 radical (unpaired) electrons. The van der Waals surface area contributed by atoms with Crippen molar-refractivity contribution in [3.63, 3.8) is 0 Å². The highest BCUT2D eigenvalue weighted by Gasteiger charge is 2.25. The second-order valence-electron chi connectivity index (χ2n) is 15.1. The average Bonchev–Trinajstić information content (AvgIpc) is 3.05. The average molecular weight is 719 g/mol. The van der Waals surface area contributed by atoms with Crippen LogP contribution in [0.1, 0.15) is 187 Å². The molecule has 0 spiro atoms. The van der Waals surface area contributed by atoms with Crippen LogP contribution in [0.25, 0.3) is 0 Å². The van der Waals surface area contributed by atoms with E-state index in [2.05, 4.69) is 13.8 Å². The molecule has 8 nitrogen and oxygen atoms in total. The third-order valence-corrected chi connectivity index (χ3v) is 9.93. The lowest BCUT2D eigenvalue weighted by Gasteiger charge is -2.24. The third-order valence-electron chi connectivity index (χ3n) is 8.95. The molecule has 0 fully saturated rings. The zero-order valence-electron chi connectivity index (χ0n) is 32.9. The monoisotopic (exact) mass is 719 g/mol. The topological polar surface area (TPSA) is 91.3 Å². The van der Waals surface area contributed by atoms with Crippen molar-refractivity contribution in [1.82, 2.24) is 0 Å². The molecular formula is C40H81NO7P+. The highest BCUT2D eigenvalue weighted by Crippen LogP contribution is 2.43. The zero-order valence-corrected chi connectivity index (χ0v) is 33.8. The Bertz CT molecular complexity index is 802. The molecule has 0 aromatic heterocycles. The second-order valence-corrected chi connectivity index (χ2v) is 16.5. The lowest BCUT2D eigenvalue weighted by molar-refractivity contribution is -0.870. The smallest absolute Gasteiger partial charge is 0.472 e. The standard InChI is InChI=1S/C40H80NO7P/c1-6-8-10-12-14-16-18-20-22-24-26-28-30-32-35-45-39(38-48-49(43,44)47-36-34-41(3,4)5)37-46-40(42)33-31-29-27-25-23-21-19-17-15-13-11-9-7-2/h32,35,39H,6-31,33-34,36-38H2,1-5H3/p+1/b35-32-. The van der Waals surface area contributed by atoms with Crippen molar-refractivity contribution >= 4 is 13.8 Å². The SMILES string of the molecule is CCCCCCCCCCCCCC/C=C\OC(COC(=O)CCCCCCCCCCCCCCC)COP(=O)(O)OCC[N+](C)(C)C. The van der Waals surface area contributed by atoms with Crippen LogP contribution in [0.3, 0.4) is 0 Å². The number of hydrogen-bond acceptors (Lipinski definition) is 6. The van der Waals surface area contributed by atoms with Crippen LogP contribution in [0.4, 0.5) is 0 Å². The molecule has 0 saturated carbocycles. The Kier molecular flexibility index (Phi) is 33.5. The number of quaternary nitrogens is 1. The summed E-state index contributed by atoms with van der Waals surface area (Å²) in [4.78, 5) is 22.6. The molecule has 0 rings (SSSR count). The lowest BCUT2D eigenvalue weighted by atomic mass is 10.0. The number of ether oxygens (including phenoxy) is 2. The second kappa shape index (κ2) is 34.2. The van der Waals surface area contributed by atoms with Crippen LogP contribution in [0.2, 0.25) is 0 Å². The number of carbonyl (C=O) groups is 1. The number of likely N-dealkylation sites (N-methyl/N-ethyl adjacent to an activating group) is 1. The molecule has 0 heterocycles. The molecule has 49 heavy (non-hydrogen) atoms. The van der Waals surface area contributed by atoms with Crippen LogP contribution >= 0.6 is 7.82 Å². The number of allylic oxidation sites excluding steroid dienone is 1. The molecule has 9 heteroatoms. The summed E-state index contributed by atoms with van der Waals surface area (Å²) in [5.41, 5.74) is 0. The van der Waals surface area contributed by atoms with Gasteiger partial charge in [-0.1, -0.05) is 162 Å². The van der Waals surface area contributed by atoms with Crippen molar-refractivity contribution in [2.45, 2.75) is 193 Å². The Hall–Kier alpha value is -0.920. The van der Waals surface area contributed by atoms with Gasteiger partial charge in [0, 0.05) is 6.42 Å². The highest BCUT2D eigenvalue weighted by atomic mass is 31.2. The quantitative estimate of drug-likeness (QED) is 0.0223. The van der Waals surface area contributed by atoms with Gasteiger partial charge < -0.3 is 18.9 Å². The van der Waals surface area contributed by atoms with Crippen LogP contribution in [0, 0.1) is 0 Å². The van der Waals surface area contributed by atoms with Gasteiger partial charge in [0.1, 0.15) is 19.8 Å². The van der Waals surface area contributed by atoms with E-state index in [0.29, 0.717) is 17.4 Å². The number of esters is 1. The summed E-state index contributed by atoms with van der Waals surface area (Å²) >= 11 is 0. The largest absolute Gasteiger partial charge is 0.492 e. The highest BCUT2D eigenvalue weighted by molar-refractivity contribution is 7.47. The fourth-order valence-corrected chi connectivity index (χ4v) is 6.40. The molecule has 0 bridgehead atoms. The van der Waals surface area contributed by atoms with Gasteiger partial charge in [0.15, 0.2) is 6.10 Å². The van der Waals surface area contributed by atoms with Crippen LogP contribution in [0.5, 0.6) is 0 Å². The maximum absolute atomic E-state index is 12.4. The molecule has 292 valence electrons. The minimum atomic E-state index is -4.25. The van der Waals surface area contributed by atoms with Crippen molar-refractivity contribution in [2.75, 3.05) is 47.5 Å². The number of hydrogen-bond donors (Lipinski definition) is 1. The van der Waals surface area contributed by atoms with E-state index in [1.165, 1.54) is 135 Å². The summed E-state index contributed by atoms with van der Waals surface area (Å²) in [5.74, 6) is -0.275. The van der Waals surface area contributed by atoms with Crippen molar-refractivity contribution < 1.29 is 37.3 Å². The molecule has 0 aliphatic heterocycles. The van der Waals surface area contributed by atoms with Crippen molar-refractivity contribution in [1.29, 1.82) is 0 Å². The summed E-state index contributed by atoms with van der Waals surface area (Å²) in [5, 5.41) is 0. The summed E-state index contributed by atoms with van der Waals surface area (Å²) in [6, 6.07) is 0. The number of nitrogens with zero attached hydrogens (tertiary/aromatic N) is 1. The maximum Gasteiger partial charge on any atom is 0.472 e. The van der Waals surface area contributed by atoms with Gasteiger partial charge in [0.25, 0.3) is 0 Å². The minimum absolute atomic E-state index is 0.0426. The fraction of sp³-hybridized carbons (Fsp3) is 0.925. The Morgan fingerprint density at radius 2 is 1.06 bits per heavy atom. The molecular weight excluding hydrogens is 637 g/mol. The fourth-order valence-electron chi connectivity index (χ4n) is 5.65. The van der Waals surface area contributed by atoms with Gasteiger partial charge in [-0.2, -0.15) is 0 Å². The van der Waals surface area contributed by atoms with Crippen LogP contribution in [-0.4, -0.2) is 69.0 Å². The lowest BCUT2D eigenvalue weighted by Crippen LogP contribution is -2.37. The van der Waals surface area contributed by atoms with Crippen molar-refractivity contribution in [3.05, 3.63) is 12.3 Å². The maximum atomic E-state index is 12.4. The molecule has 2 unspecified atom stereocenters. The van der Waals surface area contributed by atoms with Gasteiger partial charge in [-0.05, 0) is 25.3 Å². The molecule has 0 aromatic carbocycles. The van der Waals surface area contributed by atoms with Crippen LogP contribution in [0.15, 0.2) is 12.3 Å². The van der Waals surface area contributed by atoms with Gasteiger partial charge in [0.05, 0.1) is 34.0 Å². The third kappa shape index (κ3) is 38.1. The van der Waals surface area contributed by atoms with E-state index >= 15 is 0 Å². The van der Waals surface area contributed by atoms with Gasteiger partial charge in [-0.25, -0.2) is 4.57 Å². The summed E-state index contributed by atoms with van der Waals surface area (Å²) in [6.07, 6.45) is 36.2. The Morgan fingerprint density at radius 1 is 0.633 bits per heavy atom. The molecule has 0 amide bonds. The number of phosphoric acid groups is 1. The van der Waals surface area contributed by atoms with E-state index < -0.39 is 13.9 Å². The van der Waals surface area contributed by atoms with E-state index in [1.54, 1.807) is 6.26 Å². The predicted molar refractivity (Wildman–Crippen MR) is 206 cm³/mol. The first-order valence-electron chi connectivity index (χ1n) is 20.5. The summed E-state index contributed by atoms with van der Waals surface area (Å²) < 4.78 is 34.7. The van der Waals surface area contributed by atoms with E-state index in [9.17, 15) is 14.3 Å². The Morgan fingerprint density at radius 3 is 1.51 bits per heavy atom. The number of rotatable bonds is 38. The molecule has 0 aliphatic carbocycles. The predicted octanol–water partition coefficient (Wildman–Crippen LogP) is 11.8. The number of phosphoric ester groups is 1. The van der Waals surface area contributed by atoms with Crippen molar-refractivity contribution in [2.24, 2.45) is 0 Å². The summed E-state index contributed by atoms with van der Waals surface area (Å²) in [7, 11) is 1.68. The molecule has 0 aromatic rings. The van der Waals surface area contributed by atoms with Gasteiger partial charge in [0.2, 0.25) is 0 Å². The summed E-state index contributed by atoms with van der Waals surface area (Å²) in [6.45, 7) is 4.92. The van der Waals surface area contributed by atoms with E-state index in [-0.39, 0.29) is 25.8 Å². The minimum Gasteiger partial charge on any atom is -0.492 e. The van der Waals surface area contributed by atoms with Gasteiger partial charge >= 0.3 is 13.8 Å². The first-order valence-corrected chi connectivity index (χ1v) is 22.0. The van der Waals surface area contributed by atoms with E-state index in [1.807, 2.05) is 27.2 Å². The zero-order chi connectivity index (χ0) is 36.3. The first kappa shape index (κ1) is 48.1. The van der Waals surface area contributed by atoms with Crippen molar-refractivity contribution in [3.8, 4) is 0 Å². The van der Waals surface area contributed by atoms with Gasteiger partial charge in [-0.3, -0.25) is 13.8 Å². The number of unbranched alkanes of at least 4 members (excludes halogenated alkanes) is 24. The van der Waals surface area contributed by atoms with Crippen LogP contribution in [-0.2, 0) is 27.9 Å². The van der Waals surface area contributed by atoms with Gasteiger partial charge in [-0.15, -0.1) is 0 Å². The number of carbonyl (C=O) groups excluding carboxylic acids is 1. The van der Waals surface area contributed by atoms with E-state index in [4.69, 9.17) is 18.5 Å². The molecule has 0 aliphatic rings. The molecule has 1 N–H and O–H groups in total. The normalized spacial score (nSPS) is 13.9. The first-order chi connectivity index (χ1) is 23.6. The van der Waals surface area contributed by atoms with Crippen LogP contribution < -0.4 is 0 Å².